The number of benzene rings is 1. The van der Waals surface area contributed by atoms with Crippen molar-refractivity contribution >= 4 is 12.0 Å². The zero-order valence-corrected chi connectivity index (χ0v) is 33.1. The van der Waals surface area contributed by atoms with Crippen molar-refractivity contribution in [2.45, 2.75) is 45.8 Å². The molecule has 1 atom stereocenters. The quantitative estimate of drug-likeness (QED) is 0.296. The van der Waals surface area contributed by atoms with Crippen molar-refractivity contribution < 1.29 is 158 Å². The normalized spacial score (nSPS) is 15.1. The van der Waals surface area contributed by atoms with E-state index in [0.717, 1.165) is 43.8 Å². The predicted molar refractivity (Wildman–Crippen MR) is 115 cm³/mol. The molecular formula is C21H29Cs2N5O6. The SMILES string of the molecule is CCN1CCC[C@@H](Nc2nn(Cc3ccc(OC)cc3)c(=O)n(CC)c2=O)C1.O=C([O-])[O-].[Cs+].[Cs+]. The molecular weight excluding hydrogens is 684 g/mol. The number of hydrogen-bond donors (Lipinski definition) is 1. The van der Waals surface area contributed by atoms with Crippen LogP contribution in [0.25, 0.3) is 0 Å². The smallest absolute Gasteiger partial charge is 0.652 e. The Hall–Kier alpha value is 0.764. The number of carboxylic acid groups (broad SMARTS) is 2. The monoisotopic (exact) mass is 713 g/mol. The van der Waals surface area contributed by atoms with E-state index in [-0.39, 0.29) is 155 Å². The van der Waals surface area contributed by atoms with Crippen molar-refractivity contribution in [3.63, 3.8) is 0 Å². The van der Waals surface area contributed by atoms with Gasteiger partial charge in [-0.3, -0.25) is 9.36 Å². The van der Waals surface area contributed by atoms with E-state index in [4.69, 9.17) is 19.7 Å². The summed E-state index contributed by atoms with van der Waals surface area (Å²) in [5.74, 6) is 1.00. The number of likely N-dealkylation sites (N-methyl/N-ethyl adjacent to an activating group) is 1. The number of carbonyl (C=O) groups excluding carboxylic acids is 1. The maximum Gasteiger partial charge on any atom is 1.00 e. The Labute approximate surface area is 316 Å². The number of ether oxygens (including phenoxy) is 1. The molecule has 2 heterocycles. The number of nitrogens with one attached hydrogen (secondary N) is 1. The van der Waals surface area contributed by atoms with Gasteiger partial charge in [-0.25, -0.2) is 9.48 Å². The Morgan fingerprint density at radius 2 is 1.76 bits per heavy atom. The topological polar surface area (TPSA) is 145 Å². The molecule has 1 N–H and O–H groups in total. The summed E-state index contributed by atoms with van der Waals surface area (Å²) in [6, 6.07) is 7.63. The summed E-state index contributed by atoms with van der Waals surface area (Å²) in [5.41, 5.74) is 0.164. The maximum absolute atomic E-state index is 12.7. The second-order valence-electron chi connectivity index (χ2n) is 7.31. The molecule has 34 heavy (non-hydrogen) atoms. The number of piperidine rings is 1. The molecule has 0 spiro atoms. The number of rotatable bonds is 7. The molecule has 13 heteroatoms. The van der Waals surface area contributed by atoms with Crippen molar-refractivity contribution in [3.8, 4) is 5.75 Å². The van der Waals surface area contributed by atoms with E-state index in [0.29, 0.717) is 13.1 Å². The van der Waals surface area contributed by atoms with Crippen LogP contribution in [0.5, 0.6) is 5.75 Å². The fourth-order valence-corrected chi connectivity index (χ4v) is 3.59. The van der Waals surface area contributed by atoms with Crippen molar-refractivity contribution in [3.05, 3.63) is 50.7 Å². The van der Waals surface area contributed by atoms with Gasteiger partial charge in [0.1, 0.15) is 5.75 Å². The number of likely N-dealkylation sites (tertiary alicyclic amines) is 1. The van der Waals surface area contributed by atoms with Gasteiger partial charge < -0.3 is 30.0 Å². The van der Waals surface area contributed by atoms with Crippen molar-refractivity contribution in [2.75, 3.05) is 32.1 Å². The first kappa shape index (κ1) is 34.8. The Balaban J connectivity index is 0.00000168. The Morgan fingerprint density at radius 1 is 1.15 bits per heavy atom. The summed E-state index contributed by atoms with van der Waals surface area (Å²) in [4.78, 5) is 36.1. The molecule has 0 aliphatic carbocycles. The van der Waals surface area contributed by atoms with Crippen molar-refractivity contribution in [1.82, 2.24) is 19.2 Å². The zero-order chi connectivity index (χ0) is 23.7. The van der Waals surface area contributed by atoms with Crippen molar-refractivity contribution in [2.24, 2.45) is 0 Å². The van der Waals surface area contributed by atoms with Gasteiger partial charge in [0, 0.05) is 19.1 Å². The van der Waals surface area contributed by atoms with Crippen LogP contribution in [0.2, 0.25) is 0 Å². The number of carbonyl (C=O) groups is 1. The molecule has 0 amide bonds. The minimum atomic E-state index is -2.33. The number of methoxy groups -OCH3 is 1. The van der Waals surface area contributed by atoms with Gasteiger partial charge in [-0.1, -0.05) is 19.1 Å². The minimum absolute atomic E-state index is 0. The molecule has 2 aromatic rings. The largest absolute Gasteiger partial charge is 1.00 e. The molecule has 11 nitrogen and oxygen atoms in total. The molecule has 1 aliphatic heterocycles. The summed E-state index contributed by atoms with van der Waals surface area (Å²) in [5, 5.41) is 24.3. The molecule has 1 fully saturated rings. The Morgan fingerprint density at radius 3 is 2.29 bits per heavy atom. The molecule has 0 bridgehead atoms. The first-order valence-electron chi connectivity index (χ1n) is 10.5. The number of hydrogen-bond acceptors (Lipinski definition) is 9. The Kier molecular flexibility index (Phi) is 18.5. The number of anilines is 1. The van der Waals surface area contributed by atoms with Gasteiger partial charge in [-0.05, 0) is 56.7 Å². The zero-order valence-electron chi connectivity index (χ0n) is 20.6. The van der Waals surface area contributed by atoms with Gasteiger partial charge in [0.2, 0.25) is 5.82 Å². The second kappa shape index (κ2) is 18.1. The minimum Gasteiger partial charge on any atom is -0.652 e. The van der Waals surface area contributed by atoms with E-state index >= 15 is 0 Å². The van der Waals surface area contributed by atoms with Crippen LogP contribution in [-0.4, -0.2) is 58.2 Å². The van der Waals surface area contributed by atoms with E-state index in [1.54, 1.807) is 14.0 Å². The van der Waals surface area contributed by atoms with Gasteiger partial charge in [0.05, 0.1) is 13.7 Å². The summed E-state index contributed by atoms with van der Waals surface area (Å²) in [7, 11) is 1.61. The van der Waals surface area contributed by atoms with E-state index in [1.807, 2.05) is 24.3 Å². The fourth-order valence-electron chi connectivity index (χ4n) is 3.59. The third-order valence-electron chi connectivity index (χ3n) is 5.22. The molecule has 0 saturated carbocycles. The summed E-state index contributed by atoms with van der Waals surface area (Å²) < 4.78 is 7.77. The van der Waals surface area contributed by atoms with Crippen LogP contribution >= 0.6 is 0 Å². The summed E-state index contributed by atoms with van der Waals surface area (Å²) in [6.45, 7) is 7.48. The summed E-state index contributed by atoms with van der Waals surface area (Å²) >= 11 is 0. The second-order valence-corrected chi connectivity index (χ2v) is 7.31. The molecule has 176 valence electrons. The van der Waals surface area contributed by atoms with Crippen LogP contribution in [0.4, 0.5) is 10.6 Å². The van der Waals surface area contributed by atoms with E-state index in [1.165, 1.54) is 9.25 Å². The van der Waals surface area contributed by atoms with Crippen LogP contribution < -0.4 is 169 Å². The van der Waals surface area contributed by atoms with Gasteiger partial charge in [0.25, 0.3) is 5.56 Å². The first-order valence-corrected chi connectivity index (χ1v) is 10.5. The standard InChI is InChI=1S/C20H29N5O3.CH2O3.2Cs/c1-4-23-12-6-7-16(14-23)21-18-19(26)24(5-2)20(27)25(22-18)13-15-8-10-17(28-3)11-9-15;2-1(3)4;;/h8-11,16H,4-7,12-14H2,1-3H3,(H,21,22);(H2,2,3,4);;/q;;2*+1/p-2/t16-;;;/m1.../s1. The van der Waals surface area contributed by atoms with E-state index < -0.39 is 11.8 Å². The predicted octanol–water partition coefficient (Wildman–Crippen LogP) is -7.06. The molecule has 0 radical (unpaired) electrons. The van der Waals surface area contributed by atoms with Gasteiger partial charge in [-0.2, -0.15) is 0 Å². The van der Waals surface area contributed by atoms with Crippen LogP contribution in [0.3, 0.4) is 0 Å². The van der Waals surface area contributed by atoms with E-state index in [2.05, 4.69) is 22.2 Å². The van der Waals surface area contributed by atoms with Gasteiger partial charge in [-0.15, -0.1) is 5.10 Å². The van der Waals surface area contributed by atoms with Crippen LogP contribution in [0.1, 0.15) is 32.3 Å². The van der Waals surface area contributed by atoms with Gasteiger partial charge >= 0.3 is 143 Å². The molecule has 1 aromatic heterocycles. The van der Waals surface area contributed by atoms with Crippen molar-refractivity contribution in [1.29, 1.82) is 0 Å². The summed E-state index contributed by atoms with van der Waals surface area (Å²) in [6.07, 6.45) is -0.264. The third kappa shape index (κ3) is 11.0. The average Bonchev–Trinajstić information content (AvgIpc) is 2.77. The first-order chi connectivity index (χ1) is 15.3. The molecule has 1 aromatic carbocycles. The Bertz CT molecular complexity index is 1010. The molecule has 3 rings (SSSR count). The average molecular weight is 713 g/mol. The van der Waals surface area contributed by atoms with Crippen LogP contribution in [0.15, 0.2) is 33.9 Å². The number of nitrogens with zero attached hydrogens (tertiary/aromatic N) is 4. The molecule has 0 unspecified atom stereocenters. The molecule has 1 saturated heterocycles. The van der Waals surface area contributed by atoms with Crippen LogP contribution in [-0.2, 0) is 13.1 Å². The maximum atomic E-state index is 12.7. The van der Waals surface area contributed by atoms with Gasteiger partial charge in [0.15, 0.2) is 0 Å². The van der Waals surface area contributed by atoms with Crippen LogP contribution in [0, 0.1) is 0 Å². The third-order valence-corrected chi connectivity index (χ3v) is 5.22. The number of aromatic nitrogens is 3. The van der Waals surface area contributed by atoms with E-state index in [9.17, 15) is 9.59 Å². The fraction of sp³-hybridized carbons (Fsp3) is 0.524. The molecule has 1 aliphatic rings.